The van der Waals surface area contributed by atoms with Gasteiger partial charge in [0.2, 0.25) is 0 Å². The maximum Gasteiger partial charge on any atom is 0.129 e. The highest BCUT2D eigenvalue weighted by Gasteiger charge is 2.09. The molecule has 3 rings (SSSR count). The maximum absolute atomic E-state index is 13.6. The summed E-state index contributed by atoms with van der Waals surface area (Å²) in [6.45, 7) is 5.11. The molecule has 0 spiro atoms. The summed E-state index contributed by atoms with van der Waals surface area (Å²) >= 11 is 0. The molecule has 0 saturated carbocycles. The Morgan fingerprint density at radius 2 is 1.88 bits per heavy atom. The van der Waals surface area contributed by atoms with E-state index >= 15 is 0 Å². The second-order valence-corrected chi connectivity index (χ2v) is 6.09. The first kappa shape index (κ1) is 16.9. The van der Waals surface area contributed by atoms with Crippen LogP contribution in [-0.2, 0) is 17.8 Å². The highest BCUT2D eigenvalue weighted by atomic mass is 19.1. The zero-order valence-corrected chi connectivity index (χ0v) is 13.9. The van der Waals surface area contributed by atoms with Gasteiger partial charge in [0.25, 0.3) is 0 Å². The van der Waals surface area contributed by atoms with Crippen molar-refractivity contribution in [3.8, 4) is 5.75 Å². The smallest absolute Gasteiger partial charge is 0.129 e. The first-order valence-electron chi connectivity index (χ1n) is 8.56. The van der Waals surface area contributed by atoms with E-state index in [1.807, 2.05) is 18.2 Å². The van der Waals surface area contributed by atoms with E-state index in [0.29, 0.717) is 5.56 Å². The molecule has 1 heterocycles. The normalized spacial score (nSPS) is 15.4. The summed E-state index contributed by atoms with van der Waals surface area (Å²) < 4.78 is 24.7. The number of ether oxygens (including phenoxy) is 2. The molecule has 4 heteroatoms. The van der Waals surface area contributed by atoms with E-state index in [1.54, 1.807) is 12.1 Å². The van der Waals surface area contributed by atoms with E-state index in [0.717, 1.165) is 51.4 Å². The third-order valence-electron chi connectivity index (χ3n) is 4.29. The minimum Gasteiger partial charge on any atom is -0.489 e. The summed E-state index contributed by atoms with van der Waals surface area (Å²) in [5, 5.41) is 0. The van der Waals surface area contributed by atoms with Gasteiger partial charge in [-0.1, -0.05) is 30.3 Å². The minimum absolute atomic E-state index is 0.223. The summed E-state index contributed by atoms with van der Waals surface area (Å²) in [6, 6.07) is 14.8. The highest BCUT2D eigenvalue weighted by Crippen LogP contribution is 2.17. The molecule has 0 atom stereocenters. The lowest BCUT2D eigenvalue weighted by Crippen LogP contribution is -2.36. The lowest BCUT2D eigenvalue weighted by atomic mass is 10.1. The van der Waals surface area contributed by atoms with Crippen LogP contribution in [0.2, 0.25) is 0 Å². The Bertz CT molecular complexity index is 641. The van der Waals surface area contributed by atoms with E-state index in [1.165, 1.54) is 11.6 Å². The maximum atomic E-state index is 13.6. The number of rotatable bonds is 7. The summed E-state index contributed by atoms with van der Waals surface area (Å²) in [4.78, 5) is 2.45. The van der Waals surface area contributed by atoms with Gasteiger partial charge in [0.1, 0.15) is 18.2 Å². The van der Waals surface area contributed by atoms with E-state index in [4.69, 9.17) is 9.47 Å². The standard InChI is InChI=1S/C20H24FNO2/c21-20-9-2-1-7-18(20)16-24-19-8-3-5-17(15-19)6-4-10-22-11-13-23-14-12-22/h1-3,5,7-9,15H,4,6,10-14,16H2. The van der Waals surface area contributed by atoms with Crippen molar-refractivity contribution in [2.45, 2.75) is 19.4 Å². The predicted octanol–water partition coefficient (Wildman–Crippen LogP) is 3.67. The zero-order valence-electron chi connectivity index (χ0n) is 13.9. The Hall–Kier alpha value is -1.91. The monoisotopic (exact) mass is 329 g/mol. The van der Waals surface area contributed by atoms with E-state index in [2.05, 4.69) is 17.0 Å². The third-order valence-corrected chi connectivity index (χ3v) is 4.29. The molecule has 0 aromatic heterocycles. The molecule has 24 heavy (non-hydrogen) atoms. The fraction of sp³-hybridized carbons (Fsp3) is 0.400. The summed E-state index contributed by atoms with van der Waals surface area (Å²) in [5.41, 5.74) is 1.84. The fourth-order valence-electron chi connectivity index (χ4n) is 2.90. The Kier molecular flexibility index (Phi) is 6.21. The molecular weight excluding hydrogens is 305 g/mol. The van der Waals surface area contributed by atoms with Crippen molar-refractivity contribution in [2.75, 3.05) is 32.8 Å². The Morgan fingerprint density at radius 3 is 2.71 bits per heavy atom. The van der Waals surface area contributed by atoms with Crippen molar-refractivity contribution in [3.05, 3.63) is 65.5 Å². The first-order chi connectivity index (χ1) is 11.8. The Morgan fingerprint density at radius 1 is 1.04 bits per heavy atom. The van der Waals surface area contributed by atoms with Crippen molar-refractivity contribution in [2.24, 2.45) is 0 Å². The zero-order chi connectivity index (χ0) is 16.6. The van der Waals surface area contributed by atoms with Crippen LogP contribution in [0.1, 0.15) is 17.5 Å². The van der Waals surface area contributed by atoms with Crippen molar-refractivity contribution >= 4 is 0 Å². The molecule has 1 aliphatic rings. The molecule has 0 N–H and O–H groups in total. The molecular formula is C20H24FNO2. The predicted molar refractivity (Wildman–Crippen MR) is 92.8 cm³/mol. The Balaban J connectivity index is 1.47. The van der Waals surface area contributed by atoms with Crippen LogP contribution >= 0.6 is 0 Å². The number of halogens is 1. The SMILES string of the molecule is Fc1ccccc1COc1cccc(CCCN2CCOCC2)c1. The van der Waals surface area contributed by atoms with Crippen molar-refractivity contribution in [1.82, 2.24) is 4.90 Å². The first-order valence-corrected chi connectivity index (χ1v) is 8.56. The van der Waals surface area contributed by atoms with Crippen LogP contribution in [0, 0.1) is 5.82 Å². The lowest BCUT2D eigenvalue weighted by molar-refractivity contribution is 0.0374. The summed E-state index contributed by atoms with van der Waals surface area (Å²) in [6.07, 6.45) is 2.14. The molecule has 3 nitrogen and oxygen atoms in total. The molecule has 0 radical (unpaired) electrons. The number of benzene rings is 2. The summed E-state index contributed by atoms with van der Waals surface area (Å²) in [7, 11) is 0. The van der Waals surface area contributed by atoms with Gasteiger partial charge in [-0.25, -0.2) is 4.39 Å². The number of hydrogen-bond acceptors (Lipinski definition) is 3. The van der Waals surface area contributed by atoms with E-state index in [-0.39, 0.29) is 12.4 Å². The average Bonchev–Trinajstić information content (AvgIpc) is 2.62. The molecule has 1 aliphatic heterocycles. The van der Waals surface area contributed by atoms with Gasteiger partial charge in [-0.15, -0.1) is 0 Å². The van der Waals surface area contributed by atoms with E-state index < -0.39 is 0 Å². The Labute approximate surface area is 143 Å². The number of morpholine rings is 1. The molecule has 0 unspecified atom stereocenters. The van der Waals surface area contributed by atoms with Crippen molar-refractivity contribution in [3.63, 3.8) is 0 Å². The van der Waals surface area contributed by atoms with Crippen LogP contribution in [0.25, 0.3) is 0 Å². The van der Waals surface area contributed by atoms with Crippen molar-refractivity contribution in [1.29, 1.82) is 0 Å². The van der Waals surface area contributed by atoms with Crippen LogP contribution in [0.3, 0.4) is 0 Å². The van der Waals surface area contributed by atoms with Gasteiger partial charge in [-0.3, -0.25) is 4.90 Å². The second-order valence-electron chi connectivity index (χ2n) is 6.09. The number of aryl methyl sites for hydroxylation is 1. The fourth-order valence-corrected chi connectivity index (χ4v) is 2.90. The van der Waals surface area contributed by atoms with Gasteiger partial charge >= 0.3 is 0 Å². The number of nitrogens with zero attached hydrogens (tertiary/aromatic N) is 1. The van der Waals surface area contributed by atoms with E-state index in [9.17, 15) is 4.39 Å². The molecule has 0 amide bonds. The number of hydrogen-bond donors (Lipinski definition) is 0. The summed E-state index contributed by atoms with van der Waals surface area (Å²) in [5.74, 6) is 0.571. The van der Waals surface area contributed by atoms with Crippen LogP contribution in [-0.4, -0.2) is 37.7 Å². The van der Waals surface area contributed by atoms with Crippen LogP contribution < -0.4 is 4.74 Å². The molecule has 0 bridgehead atoms. The van der Waals surface area contributed by atoms with Gasteiger partial charge in [0.15, 0.2) is 0 Å². The molecule has 0 aliphatic carbocycles. The molecule has 2 aromatic carbocycles. The largest absolute Gasteiger partial charge is 0.489 e. The van der Waals surface area contributed by atoms with Crippen LogP contribution in [0.15, 0.2) is 48.5 Å². The van der Waals surface area contributed by atoms with Crippen molar-refractivity contribution < 1.29 is 13.9 Å². The lowest BCUT2D eigenvalue weighted by Gasteiger charge is -2.26. The van der Waals surface area contributed by atoms with Gasteiger partial charge in [-0.2, -0.15) is 0 Å². The second kappa shape index (κ2) is 8.81. The quantitative estimate of drug-likeness (QED) is 0.774. The molecule has 2 aromatic rings. The molecule has 128 valence electrons. The van der Waals surface area contributed by atoms with Gasteiger partial charge in [0.05, 0.1) is 13.2 Å². The van der Waals surface area contributed by atoms with Gasteiger partial charge < -0.3 is 9.47 Å². The average molecular weight is 329 g/mol. The topological polar surface area (TPSA) is 21.7 Å². The van der Waals surface area contributed by atoms with Crippen LogP contribution in [0.4, 0.5) is 4.39 Å². The third kappa shape index (κ3) is 5.05. The van der Waals surface area contributed by atoms with Gasteiger partial charge in [-0.05, 0) is 43.1 Å². The van der Waals surface area contributed by atoms with Gasteiger partial charge in [0, 0.05) is 18.7 Å². The molecule has 1 saturated heterocycles. The molecule has 1 fully saturated rings. The van der Waals surface area contributed by atoms with Crippen LogP contribution in [0.5, 0.6) is 5.75 Å². The minimum atomic E-state index is -0.223. The highest BCUT2D eigenvalue weighted by molar-refractivity contribution is 5.29.